The lowest BCUT2D eigenvalue weighted by atomic mass is 9.98. The molecule has 0 bridgehead atoms. The van der Waals surface area contributed by atoms with Crippen molar-refractivity contribution in [3.05, 3.63) is 11.6 Å². The number of hydrazine groups is 2. The van der Waals surface area contributed by atoms with Gasteiger partial charge in [-0.25, -0.2) is 10.1 Å². The minimum absolute atomic E-state index is 0.162. The molecule has 2 rings (SSSR count). The average molecular weight is 215 g/mol. The van der Waals surface area contributed by atoms with Crippen LogP contribution in [-0.4, -0.2) is 34.3 Å². The van der Waals surface area contributed by atoms with Crippen LogP contribution < -0.4 is 4.83 Å². The maximum atomic E-state index is 10.7. The van der Waals surface area contributed by atoms with Crippen LogP contribution >= 0.6 is 11.9 Å². The first-order valence-electron chi connectivity index (χ1n) is 4.62. The van der Waals surface area contributed by atoms with E-state index in [0.29, 0.717) is 0 Å². The molecule has 0 spiro atoms. The number of carboxylic acids is 1. The molecule has 0 atom stereocenters. The summed E-state index contributed by atoms with van der Waals surface area (Å²) in [5.41, 5.74) is 0. The first kappa shape index (κ1) is 9.82. The molecule has 6 heteroatoms. The fourth-order valence-electron chi connectivity index (χ4n) is 1.68. The van der Waals surface area contributed by atoms with Crippen molar-refractivity contribution in [2.45, 2.75) is 12.8 Å². The van der Waals surface area contributed by atoms with Gasteiger partial charge in [-0.1, -0.05) is 0 Å². The Morgan fingerprint density at radius 3 is 2.71 bits per heavy atom. The van der Waals surface area contributed by atoms with Crippen molar-refractivity contribution in [1.82, 2.24) is 15.0 Å². The van der Waals surface area contributed by atoms with Crippen LogP contribution in [0.15, 0.2) is 11.6 Å². The second-order valence-corrected chi connectivity index (χ2v) is 4.10. The molecule has 0 unspecified atom stereocenters. The van der Waals surface area contributed by atoms with E-state index in [1.54, 1.807) is 0 Å². The lowest BCUT2D eigenvalue weighted by Crippen LogP contribution is -2.48. The molecule has 2 aliphatic rings. The normalized spacial score (nSPS) is 24.4. The van der Waals surface area contributed by atoms with Gasteiger partial charge in [-0.05, 0) is 24.8 Å². The topological polar surface area (TPSA) is 55.8 Å². The van der Waals surface area contributed by atoms with Crippen molar-refractivity contribution >= 4 is 17.9 Å². The number of nitrogens with zero attached hydrogens (tertiary/aromatic N) is 2. The van der Waals surface area contributed by atoms with Crippen LogP contribution in [0.2, 0.25) is 0 Å². The van der Waals surface area contributed by atoms with E-state index in [-0.39, 0.29) is 5.92 Å². The van der Waals surface area contributed by atoms with E-state index in [4.69, 9.17) is 5.11 Å². The Balaban J connectivity index is 1.83. The number of carboxylic acid groups (broad SMARTS) is 1. The second kappa shape index (κ2) is 4.20. The van der Waals surface area contributed by atoms with Crippen LogP contribution in [0.1, 0.15) is 12.8 Å². The molecule has 14 heavy (non-hydrogen) atoms. The smallest absolute Gasteiger partial charge is 0.306 e. The summed E-state index contributed by atoms with van der Waals surface area (Å²) in [6.45, 7) is 1.60. The molecule has 0 radical (unpaired) electrons. The summed E-state index contributed by atoms with van der Waals surface area (Å²) >= 11 is 1.52. The quantitative estimate of drug-likeness (QED) is 0.659. The van der Waals surface area contributed by atoms with Gasteiger partial charge in [0.2, 0.25) is 0 Å². The summed E-state index contributed by atoms with van der Waals surface area (Å²) in [6, 6.07) is 0. The molecule has 0 amide bonds. The second-order valence-electron chi connectivity index (χ2n) is 3.41. The lowest BCUT2D eigenvalue weighted by Gasteiger charge is -2.35. The van der Waals surface area contributed by atoms with Gasteiger partial charge in [-0.2, -0.15) is 4.83 Å². The highest BCUT2D eigenvalue weighted by Gasteiger charge is 2.27. The zero-order valence-corrected chi connectivity index (χ0v) is 8.54. The van der Waals surface area contributed by atoms with E-state index in [1.165, 1.54) is 11.9 Å². The number of piperidine rings is 1. The highest BCUT2D eigenvalue weighted by Crippen LogP contribution is 2.20. The predicted octanol–water partition coefficient (Wildman–Crippen LogP) is 0.638. The van der Waals surface area contributed by atoms with Crippen LogP contribution in [0.25, 0.3) is 0 Å². The Morgan fingerprint density at radius 1 is 1.50 bits per heavy atom. The van der Waals surface area contributed by atoms with Crippen LogP contribution in [0.3, 0.4) is 0 Å². The van der Waals surface area contributed by atoms with E-state index in [0.717, 1.165) is 25.9 Å². The fourth-order valence-corrected chi connectivity index (χ4v) is 2.20. The van der Waals surface area contributed by atoms with E-state index in [9.17, 15) is 4.79 Å². The van der Waals surface area contributed by atoms with Crippen molar-refractivity contribution in [3.63, 3.8) is 0 Å². The van der Waals surface area contributed by atoms with Gasteiger partial charge >= 0.3 is 5.97 Å². The summed E-state index contributed by atoms with van der Waals surface area (Å²) in [7, 11) is 0. The maximum absolute atomic E-state index is 10.7. The Labute approximate surface area is 86.8 Å². The molecular weight excluding hydrogens is 202 g/mol. The maximum Gasteiger partial charge on any atom is 0.306 e. The zero-order chi connectivity index (χ0) is 9.97. The van der Waals surface area contributed by atoms with Crippen molar-refractivity contribution in [2.24, 2.45) is 5.92 Å². The summed E-state index contributed by atoms with van der Waals surface area (Å²) in [5.74, 6) is -0.825. The highest BCUT2D eigenvalue weighted by molar-refractivity contribution is 8.00. The molecule has 5 nitrogen and oxygen atoms in total. The van der Waals surface area contributed by atoms with Gasteiger partial charge in [0.1, 0.15) is 0 Å². The van der Waals surface area contributed by atoms with Crippen LogP contribution in [0.5, 0.6) is 0 Å². The highest BCUT2D eigenvalue weighted by atomic mass is 32.2. The number of aliphatic carboxylic acids is 1. The fraction of sp³-hybridized carbons (Fsp3) is 0.625. The summed E-state index contributed by atoms with van der Waals surface area (Å²) < 4.78 is 0. The molecule has 0 aromatic heterocycles. The van der Waals surface area contributed by atoms with Crippen molar-refractivity contribution < 1.29 is 9.90 Å². The van der Waals surface area contributed by atoms with Crippen LogP contribution in [-0.2, 0) is 4.79 Å². The number of rotatable bonds is 2. The van der Waals surface area contributed by atoms with E-state index in [2.05, 4.69) is 9.84 Å². The third kappa shape index (κ3) is 2.02. The van der Waals surface area contributed by atoms with Crippen molar-refractivity contribution in [2.75, 3.05) is 13.1 Å². The van der Waals surface area contributed by atoms with Crippen LogP contribution in [0, 0.1) is 5.92 Å². The molecule has 0 saturated carbocycles. The molecule has 2 aliphatic heterocycles. The van der Waals surface area contributed by atoms with Gasteiger partial charge in [-0.15, -0.1) is 0 Å². The molecule has 78 valence electrons. The molecule has 2 heterocycles. The van der Waals surface area contributed by atoms with Crippen LogP contribution in [0.4, 0.5) is 0 Å². The average Bonchev–Trinajstić information content (AvgIpc) is 2.71. The Morgan fingerprint density at radius 2 is 2.21 bits per heavy atom. The SMILES string of the molecule is O=C(O)C1CCN(N2C=CSN2)CC1. The Bertz CT molecular complexity index is 251. The lowest BCUT2D eigenvalue weighted by molar-refractivity contribution is -0.145. The minimum Gasteiger partial charge on any atom is -0.481 e. The van der Waals surface area contributed by atoms with Crippen molar-refractivity contribution in [3.8, 4) is 0 Å². The largest absolute Gasteiger partial charge is 0.481 e. The molecule has 0 aromatic carbocycles. The van der Waals surface area contributed by atoms with Gasteiger partial charge in [0.05, 0.1) is 5.92 Å². The Kier molecular flexibility index (Phi) is 2.95. The third-order valence-corrected chi connectivity index (χ3v) is 3.09. The van der Waals surface area contributed by atoms with Gasteiger partial charge in [-0.3, -0.25) is 4.79 Å². The summed E-state index contributed by atoms with van der Waals surface area (Å²) in [6.07, 6.45) is 3.41. The number of nitrogens with one attached hydrogen (secondary N) is 1. The standard InChI is InChI=1S/C8H13N3O2S/c12-8(13)7-1-3-10(4-2-7)11-5-6-14-9-11/h5-7,9H,1-4H2,(H,12,13). The number of hydrogen-bond donors (Lipinski definition) is 2. The van der Waals surface area contributed by atoms with E-state index < -0.39 is 5.97 Å². The van der Waals surface area contributed by atoms with Gasteiger partial charge in [0.25, 0.3) is 0 Å². The monoisotopic (exact) mass is 215 g/mol. The molecular formula is C8H13N3O2S. The van der Waals surface area contributed by atoms with Crippen molar-refractivity contribution in [1.29, 1.82) is 0 Å². The minimum atomic E-state index is -0.663. The Hall–Kier alpha value is -0.720. The molecule has 0 aromatic rings. The summed E-state index contributed by atoms with van der Waals surface area (Å²) in [5, 5.41) is 14.8. The number of carbonyl (C=O) groups is 1. The van der Waals surface area contributed by atoms with E-state index in [1.807, 2.05) is 16.7 Å². The summed E-state index contributed by atoms with van der Waals surface area (Å²) in [4.78, 5) is 13.8. The molecule has 2 N–H and O–H groups in total. The predicted molar refractivity (Wildman–Crippen MR) is 53.6 cm³/mol. The van der Waals surface area contributed by atoms with Gasteiger partial charge in [0.15, 0.2) is 0 Å². The zero-order valence-electron chi connectivity index (χ0n) is 7.72. The first-order valence-corrected chi connectivity index (χ1v) is 5.50. The molecule has 1 fully saturated rings. The molecule has 0 aliphatic carbocycles. The van der Waals surface area contributed by atoms with Gasteiger partial charge in [0, 0.05) is 24.7 Å². The molecule has 1 saturated heterocycles. The first-order chi connectivity index (χ1) is 6.77. The third-order valence-electron chi connectivity index (χ3n) is 2.54. The van der Waals surface area contributed by atoms with Gasteiger partial charge < -0.3 is 5.11 Å². The number of hydrogen-bond acceptors (Lipinski definition) is 5. The van der Waals surface area contributed by atoms with E-state index >= 15 is 0 Å².